The Morgan fingerprint density at radius 3 is 2.87 bits per heavy atom. The number of barbiturate groups is 1. The smallest absolute Gasteiger partial charge is 0.277 e. The van der Waals surface area contributed by atoms with E-state index in [1.807, 2.05) is 0 Å². The van der Waals surface area contributed by atoms with Gasteiger partial charge in [0.1, 0.15) is 6.42 Å². The number of imide groups is 2. The zero-order valence-corrected chi connectivity index (χ0v) is 8.41. The van der Waals surface area contributed by atoms with Gasteiger partial charge >= 0.3 is 6.03 Å². The number of amides is 4. The van der Waals surface area contributed by atoms with Crippen LogP contribution in [0.3, 0.4) is 0 Å². The van der Waals surface area contributed by atoms with Gasteiger partial charge in [-0.05, 0) is 0 Å². The molecule has 1 aromatic heterocycles. The monoisotopic (exact) mass is 225 g/mol. The van der Waals surface area contributed by atoms with Crippen molar-refractivity contribution in [1.82, 2.24) is 15.2 Å². The number of nitrogens with zero attached hydrogens (tertiary/aromatic N) is 2. The Morgan fingerprint density at radius 2 is 2.27 bits per heavy atom. The quantitative estimate of drug-likeness (QED) is 0.724. The normalized spacial score (nSPS) is 16.8. The van der Waals surface area contributed by atoms with Crippen LogP contribution in [-0.4, -0.2) is 27.7 Å². The standard InChI is InChI=1S/C8H7N3O3S/c12-6-1-7(13)11(8(14)10-6)3-5-2-9-4-15-5/h2,4H,1,3H2,(H,10,12,14). The summed E-state index contributed by atoms with van der Waals surface area (Å²) in [5.74, 6) is -1.03. The summed E-state index contributed by atoms with van der Waals surface area (Å²) in [6, 6.07) is -0.662. The van der Waals surface area contributed by atoms with Crippen LogP contribution in [0.2, 0.25) is 0 Å². The third kappa shape index (κ3) is 2.01. The van der Waals surface area contributed by atoms with E-state index < -0.39 is 17.8 Å². The minimum Gasteiger partial charge on any atom is -0.277 e. The Hall–Kier alpha value is -1.76. The van der Waals surface area contributed by atoms with E-state index in [9.17, 15) is 14.4 Å². The summed E-state index contributed by atoms with van der Waals surface area (Å²) in [7, 11) is 0. The molecule has 0 atom stereocenters. The summed E-state index contributed by atoms with van der Waals surface area (Å²) in [6.45, 7) is 0.169. The Morgan fingerprint density at radius 1 is 1.47 bits per heavy atom. The van der Waals surface area contributed by atoms with Crippen LogP contribution in [0, 0.1) is 0 Å². The van der Waals surface area contributed by atoms with Crippen LogP contribution >= 0.6 is 11.3 Å². The van der Waals surface area contributed by atoms with E-state index in [-0.39, 0.29) is 13.0 Å². The summed E-state index contributed by atoms with van der Waals surface area (Å²) >= 11 is 1.35. The average molecular weight is 225 g/mol. The lowest BCUT2D eigenvalue weighted by Gasteiger charge is -2.23. The van der Waals surface area contributed by atoms with Crippen molar-refractivity contribution in [2.75, 3.05) is 0 Å². The van der Waals surface area contributed by atoms with Gasteiger partial charge in [0.25, 0.3) is 0 Å². The van der Waals surface area contributed by atoms with Crippen LogP contribution in [0.25, 0.3) is 0 Å². The molecular weight excluding hydrogens is 218 g/mol. The molecule has 0 aromatic carbocycles. The summed E-state index contributed by atoms with van der Waals surface area (Å²) in [4.78, 5) is 39.2. The fraction of sp³-hybridized carbons (Fsp3) is 0.250. The van der Waals surface area contributed by atoms with Gasteiger partial charge in [-0.15, -0.1) is 11.3 Å². The molecule has 0 unspecified atom stereocenters. The minimum atomic E-state index is -0.662. The van der Waals surface area contributed by atoms with Gasteiger partial charge in [-0.3, -0.25) is 24.8 Å². The molecule has 0 spiro atoms. The molecule has 2 heterocycles. The average Bonchev–Trinajstić information content (AvgIpc) is 2.63. The van der Waals surface area contributed by atoms with Crippen molar-refractivity contribution in [2.24, 2.45) is 0 Å². The molecule has 0 aliphatic carbocycles. The van der Waals surface area contributed by atoms with Gasteiger partial charge in [0.05, 0.1) is 12.1 Å². The zero-order chi connectivity index (χ0) is 10.8. The molecule has 0 radical (unpaired) electrons. The molecule has 0 bridgehead atoms. The molecule has 1 saturated heterocycles. The van der Waals surface area contributed by atoms with Crippen LogP contribution in [0.5, 0.6) is 0 Å². The topological polar surface area (TPSA) is 79.4 Å². The van der Waals surface area contributed by atoms with Crippen molar-refractivity contribution in [3.8, 4) is 0 Å². The van der Waals surface area contributed by atoms with E-state index in [0.717, 1.165) is 9.78 Å². The first kappa shape index (κ1) is 9.78. The number of urea groups is 1. The molecule has 6 nitrogen and oxygen atoms in total. The second-order valence-electron chi connectivity index (χ2n) is 2.98. The van der Waals surface area contributed by atoms with Crippen LogP contribution in [0.15, 0.2) is 11.7 Å². The van der Waals surface area contributed by atoms with Gasteiger partial charge < -0.3 is 0 Å². The van der Waals surface area contributed by atoms with Gasteiger partial charge in [-0.1, -0.05) is 0 Å². The molecule has 1 N–H and O–H groups in total. The van der Waals surface area contributed by atoms with Crippen molar-refractivity contribution in [1.29, 1.82) is 0 Å². The van der Waals surface area contributed by atoms with Gasteiger partial charge in [-0.2, -0.15) is 0 Å². The molecule has 2 rings (SSSR count). The molecule has 78 valence electrons. The maximum atomic E-state index is 11.4. The molecule has 1 aliphatic rings. The van der Waals surface area contributed by atoms with Crippen LogP contribution in [0.1, 0.15) is 11.3 Å². The molecule has 1 aliphatic heterocycles. The second kappa shape index (κ2) is 3.77. The van der Waals surface area contributed by atoms with Crippen molar-refractivity contribution >= 4 is 29.2 Å². The number of aromatic nitrogens is 1. The van der Waals surface area contributed by atoms with E-state index in [1.54, 1.807) is 11.7 Å². The Bertz CT molecular complexity index is 395. The number of hydrogen-bond donors (Lipinski definition) is 1. The van der Waals surface area contributed by atoms with Gasteiger partial charge in [0.2, 0.25) is 11.8 Å². The van der Waals surface area contributed by atoms with E-state index >= 15 is 0 Å². The first-order valence-corrected chi connectivity index (χ1v) is 5.06. The molecule has 1 aromatic rings. The van der Waals surface area contributed by atoms with E-state index in [4.69, 9.17) is 0 Å². The summed E-state index contributed by atoms with van der Waals surface area (Å²) in [5.41, 5.74) is 1.62. The van der Waals surface area contributed by atoms with E-state index in [0.29, 0.717) is 0 Å². The zero-order valence-electron chi connectivity index (χ0n) is 7.60. The highest BCUT2D eigenvalue weighted by atomic mass is 32.1. The number of carbonyl (C=O) groups excluding carboxylic acids is 3. The first-order chi connectivity index (χ1) is 7.16. The molecule has 4 amide bonds. The SMILES string of the molecule is O=C1CC(=O)N(Cc2cncs2)C(=O)N1. The molecule has 0 saturated carbocycles. The molecule has 1 fully saturated rings. The lowest BCUT2D eigenvalue weighted by atomic mass is 10.3. The fourth-order valence-electron chi connectivity index (χ4n) is 1.21. The number of carbonyl (C=O) groups is 3. The van der Waals surface area contributed by atoms with Gasteiger partial charge in [0.15, 0.2) is 0 Å². The summed E-state index contributed by atoms with van der Waals surface area (Å²) < 4.78 is 0. The predicted molar refractivity (Wildman–Crippen MR) is 50.8 cm³/mol. The lowest BCUT2D eigenvalue weighted by molar-refractivity contribution is -0.136. The van der Waals surface area contributed by atoms with Crippen molar-refractivity contribution < 1.29 is 14.4 Å². The maximum Gasteiger partial charge on any atom is 0.331 e. The van der Waals surface area contributed by atoms with Gasteiger partial charge in [0, 0.05) is 11.1 Å². The minimum absolute atomic E-state index is 0.169. The van der Waals surface area contributed by atoms with Gasteiger partial charge in [-0.25, -0.2) is 4.79 Å². The molecule has 7 heteroatoms. The van der Waals surface area contributed by atoms with Crippen molar-refractivity contribution in [2.45, 2.75) is 13.0 Å². The second-order valence-corrected chi connectivity index (χ2v) is 3.95. The third-order valence-electron chi connectivity index (χ3n) is 1.90. The predicted octanol–water partition coefficient (Wildman–Crippen LogP) is 0.112. The number of thiazole rings is 1. The molecule has 15 heavy (non-hydrogen) atoms. The molecular formula is C8H7N3O3S. The Balaban J connectivity index is 2.11. The van der Waals surface area contributed by atoms with Crippen LogP contribution in [-0.2, 0) is 16.1 Å². The van der Waals surface area contributed by atoms with E-state index in [1.165, 1.54) is 11.3 Å². The number of nitrogens with one attached hydrogen (secondary N) is 1. The highest BCUT2D eigenvalue weighted by Gasteiger charge is 2.30. The number of hydrogen-bond acceptors (Lipinski definition) is 5. The third-order valence-corrected chi connectivity index (χ3v) is 2.67. The maximum absolute atomic E-state index is 11.4. The van der Waals surface area contributed by atoms with Crippen LogP contribution < -0.4 is 5.32 Å². The highest BCUT2D eigenvalue weighted by molar-refractivity contribution is 7.09. The summed E-state index contributed by atoms with van der Waals surface area (Å²) in [5, 5.41) is 2.08. The first-order valence-electron chi connectivity index (χ1n) is 4.18. The van der Waals surface area contributed by atoms with Crippen molar-refractivity contribution in [3.05, 3.63) is 16.6 Å². The fourth-order valence-corrected chi connectivity index (χ4v) is 1.80. The summed E-state index contributed by atoms with van der Waals surface area (Å²) in [6.07, 6.45) is 1.31. The Kier molecular flexibility index (Phi) is 2.46. The van der Waals surface area contributed by atoms with E-state index in [2.05, 4.69) is 10.3 Å². The van der Waals surface area contributed by atoms with Crippen molar-refractivity contribution in [3.63, 3.8) is 0 Å². The highest BCUT2D eigenvalue weighted by Crippen LogP contribution is 2.12. The Labute approximate surface area is 88.9 Å². The largest absolute Gasteiger partial charge is 0.331 e. The number of rotatable bonds is 2. The van der Waals surface area contributed by atoms with Crippen LogP contribution in [0.4, 0.5) is 4.79 Å². The lowest BCUT2D eigenvalue weighted by Crippen LogP contribution is -2.52.